The quantitative estimate of drug-likeness (QED) is 0.618. The van der Waals surface area contributed by atoms with Gasteiger partial charge in [0.05, 0.1) is 4.90 Å². The van der Waals surface area contributed by atoms with Gasteiger partial charge < -0.3 is 15.3 Å². The summed E-state index contributed by atoms with van der Waals surface area (Å²) in [7, 11) is -3.59. The number of piperazine rings is 1. The Balaban J connectivity index is 0.000000633. The number of amides is 1. The van der Waals surface area contributed by atoms with Gasteiger partial charge in [-0.15, -0.1) is 0 Å². The van der Waals surface area contributed by atoms with Gasteiger partial charge in [0.15, 0.2) is 0 Å². The fraction of sp³-hybridized carbons (Fsp3) is 0.600. The van der Waals surface area contributed by atoms with Gasteiger partial charge in [-0.1, -0.05) is 24.6 Å². The molecular formula is C20H30F3N3O5S. The molecule has 1 fully saturated rings. The summed E-state index contributed by atoms with van der Waals surface area (Å²) in [6.07, 6.45) is -4.14. The predicted octanol–water partition coefficient (Wildman–Crippen LogP) is 2.16. The fourth-order valence-electron chi connectivity index (χ4n) is 3.12. The number of carboxylic acids is 1. The first kappa shape index (κ1) is 27.9. The number of carbonyl (C=O) groups excluding carboxylic acids is 1. The van der Waals surface area contributed by atoms with Crippen LogP contribution in [0.1, 0.15) is 30.9 Å². The summed E-state index contributed by atoms with van der Waals surface area (Å²) in [4.78, 5) is 23.4. The van der Waals surface area contributed by atoms with Gasteiger partial charge in [-0.05, 0) is 31.9 Å². The number of carbonyl (C=O) groups is 2. The van der Waals surface area contributed by atoms with E-state index in [1.165, 1.54) is 4.31 Å². The molecule has 8 nitrogen and oxygen atoms in total. The van der Waals surface area contributed by atoms with Gasteiger partial charge in [-0.25, -0.2) is 13.2 Å². The minimum absolute atomic E-state index is 0.0263. The lowest BCUT2D eigenvalue weighted by atomic mass is 10.2. The van der Waals surface area contributed by atoms with Gasteiger partial charge in [0.25, 0.3) is 0 Å². The Hall–Kier alpha value is -2.18. The highest BCUT2D eigenvalue weighted by atomic mass is 32.2. The molecular weight excluding hydrogens is 451 g/mol. The Labute approximate surface area is 186 Å². The van der Waals surface area contributed by atoms with Crippen LogP contribution >= 0.6 is 0 Å². The van der Waals surface area contributed by atoms with Gasteiger partial charge in [-0.3, -0.25) is 4.79 Å². The summed E-state index contributed by atoms with van der Waals surface area (Å²) in [5, 5.41) is 10.3. The molecule has 0 saturated carbocycles. The largest absolute Gasteiger partial charge is 0.490 e. The molecule has 0 aromatic heterocycles. The van der Waals surface area contributed by atoms with Crippen LogP contribution in [0.4, 0.5) is 13.2 Å². The van der Waals surface area contributed by atoms with Crippen LogP contribution < -0.4 is 5.32 Å². The number of aliphatic carboxylic acids is 1. The van der Waals surface area contributed by atoms with Gasteiger partial charge in [0.1, 0.15) is 0 Å². The molecule has 1 heterocycles. The molecule has 1 aliphatic heterocycles. The lowest BCUT2D eigenvalue weighted by molar-refractivity contribution is -0.192. The minimum atomic E-state index is -5.08. The second kappa shape index (κ2) is 12.2. The van der Waals surface area contributed by atoms with Gasteiger partial charge in [-0.2, -0.15) is 17.5 Å². The van der Waals surface area contributed by atoms with E-state index in [9.17, 15) is 26.4 Å². The molecule has 1 aromatic carbocycles. The average Bonchev–Trinajstić information content (AvgIpc) is 2.70. The highest BCUT2D eigenvalue weighted by molar-refractivity contribution is 7.89. The van der Waals surface area contributed by atoms with E-state index in [0.29, 0.717) is 31.0 Å². The van der Waals surface area contributed by atoms with Crippen LogP contribution in [0.5, 0.6) is 0 Å². The maximum atomic E-state index is 13.0. The van der Waals surface area contributed by atoms with Crippen molar-refractivity contribution in [3.8, 4) is 0 Å². The Bertz CT molecular complexity index is 885. The maximum absolute atomic E-state index is 13.0. The van der Waals surface area contributed by atoms with Crippen LogP contribution in [-0.4, -0.2) is 80.1 Å². The van der Waals surface area contributed by atoms with Crippen molar-refractivity contribution >= 4 is 21.9 Å². The van der Waals surface area contributed by atoms with Gasteiger partial charge >= 0.3 is 12.1 Å². The molecule has 1 aliphatic rings. The number of halogens is 3. The maximum Gasteiger partial charge on any atom is 0.490 e. The molecule has 182 valence electrons. The number of nitrogens with one attached hydrogen (secondary N) is 1. The van der Waals surface area contributed by atoms with E-state index in [1.807, 2.05) is 37.8 Å². The van der Waals surface area contributed by atoms with Crippen molar-refractivity contribution in [2.75, 3.05) is 39.3 Å². The van der Waals surface area contributed by atoms with Crippen molar-refractivity contribution in [3.63, 3.8) is 0 Å². The van der Waals surface area contributed by atoms with Crippen molar-refractivity contribution in [3.05, 3.63) is 29.3 Å². The van der Waals surface area contributed by atoms with Crippen molar-refractivity contribution in [2.45, 2.75) is 44.7 Å². The lowest BCUT2D eigenvalue weighted by Crippen LogP contribution is -2.47. The van der Waals surface area contributed by atoms with Gasteiger partial charge in [0, 0.05) is 45.7 Å². The fourth-order valence-corrected chi connectivity index (χ4v) is 4.86. The highest BCUT2D eigenvalue weighted by Gasteiger charge is 2.38. The summed E-state index contributed by atoms with van der Waals surface area (Å²) < 4.78 is 59.3. The first-order valence-electron chi connectivity index (χ1n) is 10.2. The second-order valence-corrected chi connectivity index (χ2v) is 9.26. The van der Waals surface area contributed by atoms with Crippen LogP contribution in [0.25, 0.3) is 0 Å². The Morgan fingerprint density at radius 3 is 2.19 bits per heavy atom. The summed E-state index contributed by atoms with van der Waals surface area (Å²) in [6.45, 7) is 9.33. The first-order chi connectivity index (χ1) is 14.8. The van der Waals surface area contributed by atoms with Crippen molar-refractivity contribution in [1.82, 2.24) is 14.5 Å². The zero-order valence-electron chi connectivity index (χ0n) is 18.4. The lowest BCUT2D eigenvalue weighted by Gasteiger charge is -2.29. The number of benzene rings is 1. The highest BCUT2D eigenvalue weighted by Crippen LogP contribution is 2.21. The summed E-state index contributed by atoms with van der Waals surface area (Å²) in [5.74, 6) is -2.73. The van der Waals surface area contributed by atoms with Crippen LogP contribution in [0, 0.1) is 13.8 Å². The number of carboxylic acid groups (broad SMARTS) is 1. The molecule has 1 saturated heterocycles. The molecule has 0 aliphatic carbocycles. The van der Waals surface area contributed by atoms with Gasteiger partial charge in [0.2, 0.25) is 15.9 Å². The Morgan fingerprint density at radius 1 is 1.16 bits per heavy atom. The molecule has 2 rings (SSSR count). The summed E-state index contributed by atoms with van der Waals surface area (Å²) >= 11 is 0. The average molecular weight is 482 g/mol. The predicted molar refractivity (Wildman–Crippen MR) is 113 cm³/mol. The number of hydrogen-bond donors (Lipinski definition) is 2. The minimum Gasteiger partial charge on any atom is -0.475 e. The number of hydrogen-bond acceptors (Lipinski definition) is 5. The van der Waals surface area contributed by atoms with Crippen molar-refractivity contribution in [2.24, 2.45) is 0 Å². The van der Waals surface area contributed by atoms with E-state index in [0.717, 1.165) is 24.2 Å². The number of aryl methyl sites for hydroxylation is 2. The van der Waals surface area contributed by atoms with Crippen LogP contribution in [0.15, 0.2) is 23.1 Å². The number of rotatable bonds is 7. The van der Waals surface area contributed by atoms with E-state index in [4.69, 9.17) is 9.90 Å². The standard InChI is InChI=1S/C18H29N3O3S.C2HF3O2/c1-4-10-21(11-7-18(22)20-12-8-19-9-13-20)25(23,24)17-6-5-15(2)14-16(17)3;3-2(4,5)1(6)7/h5-6,14,19H,4,7-13H2,1-3H3;(H,6,7). The van der Waals surface area contributed by atoms with Crippen molar-refractivity contribution < 1.29 is 36.3 Å². The Morgan fingerprint density at radius 2 is 1.72 bits per heavy atom. The molecule has 1 aromatic rings. The molecule has 0 radical (unpaired) electrons. The molecule has 0 bridgehead atoms. The molecule has 0 spiro atoms. The SMILES string of the molecule is CCCN(CCC(=O)N1CCNCC1)S(=O)(=O)c1ccc(C)cc1C.O=C(O)C(F)(F)F. The third kappa shape index (κ3) is 8.40. The molecule has 0 unspecified atom stereocenters. The zero-order valence-corrected chi connectivity index (χ0v) is 19.2. The Kier molecular flexibility index (Phi) is 10.6. The van der Waals surface area contributed by atoms with Crippen LogP contribution in [-0.2, 0) is 19.6 Å². The van der Waals surface area contributed by atoms with E-state index in [2.05, 4.69) is 5.32 Å². The van der Waals surface area contributed by atoms with E-state index in [1.54, 1.807) is 6.07 Å². The number of nitrogens with zero attached hydrogens (tertiary/aromatic N) is 2. The molecule has 12 heteroatoms. The third-order valence-corrected chi connectivity index (χ3v) is 6.77. The normalized spacial score (nSPS) is 14.7. The summed E-state index contributed by atoms with van der Waals surface area (Å²) in [5.41, 5.74) is 1.78. The third-order valence-electron chi connectivity index (χ3n) is 4.71. The van der Waals surface area contributed by atoms with Crippen molar-refractivity contribution in [1.29, 1.82) is 0 Å². The smallest absolute Gasteiger partial charge is 0.475 e. The molecule has 32 heavy (non-hydrogen) atoms. The van der Waals surface area contributed by atoms with E-state index < -0.39 is 22.2 Å². The van der Waals surface area contributed by atoms with E-state index >= 15 is 0 Å². The van der Waals surface area contributed by atoms with E-state index in [-0.39, 0.29) is 18.9 Å². The molecule has 1 amide bonds. The first-order valence-corrected chi connectivity index (χ1v) is 11.6. The number of sulfonamides is 1. The zero-order chi connectivity index (χ0) is 24.5. The van der Waals surface area contributed by atoms with Crippen LogP contribution in [0.2, 0.25) is 0 Å². The summed E-state index contributed by atoms with van der Waals surface area (Å²) in [6, 6.07) is 5.36. The van der Waals surface area contributed by atoms with Crippen LogP contribution in [0.3, 0.4) is 0 Å². The topological polar surface area (TPSA) is 107 Å². The molecule has 2 N–H and O–H groups in total. The monoisotopic (exact) mass is 481 g/mol. The number of alkyl halides is 3. The molecule has 0 atom stereocenters. The second-order valence-electron chi connectivity index (χ2n) is 7.36.